The Morgan fingerprint density at radius 2 is 2.00 bits per heavy atom. The maximum absolute atomic E-state index is 12.2. The SMILES string of the molecule is CCc1ccc(C(=O)NC(=S)Nc2nc3ccc([N+](=O)[O-])cc3s2)cc1. The molecule has 0 spiro atoms. The van der Waals surface area contributed by atoms with Gasteiger partial charge in [0.05, 0.1) is 15.1 Å². The highest BCUT2D eigenvalue weighted by atomic mass is 32.1. The normalized spacial score (nSPS) is 10.5. The lowest BCUT2D eigenvalue weighted by molar-refractivity contribution is -0.384. The van der Waals surface area contributed by atoms with Gasteiger partial charge < -0.3 is 5.32 Å². The second-order valence-electron chi connectivity index (χ2n) is 5.39. The minimum Gasteiger partial charge on any atom is -0.308 e. The molecule has 0 atom stereocenters. The zero-order valence-electron chi connectivity index (χ0n) is 13.7. The number of thiazole rings is 1. The fraction of sp³-hybridized carbons (Fsp3) is 0.118. The Bertz CT molecular complexity index is 999. The number of anilines is 1. The van der Waals surface area contributed by atoms with Crippen molar-refractivity contribution in [3.05, 3.63) is 63.7 Å². The Kier molecular flexibility index (Phi) is 5.19. The number of amides is 1. The topological polar surface area (TPSA) is 97.2 Å². The number of aryl methyl sites for hydroxylation is 1. The summed E-state index contributed by atoms with van der Waals surface area (Å²) in [5.74, 6) is -0.318. The highest BCUT2D eigenvalue weighted by Gasteiger charge is 2.12. The zero-order chi connectivity index (χ0) is 18.7. The number of nitro benzene ring substituents is 1. The second kappa shape index (κ2) is 7.54. The molecule has 0 saturated heterocycles. The molecule has 7 nitrogen and oxygen atoms in total. The Morgan fingerprint density at radius 3 is 2.65 bits per heavy atom. The molecule has 0 fully saturated rings. The number of carbonyl (C=O) groups excluding carboxylic acids is 1. The Balaban J connectivity index is 1.68. The highest BCUT2D eigenvalue weighted by molar-refractivity contribution is 7.80. The van der Waals surface area contributed by atoms with Crippen LogP contribution in [0.15, 0.2) is 42.5 Å². The third-order valence-corrected chi connectivity index (χ3v) is 4.79. The number of nitro groups is 1. The van der Waals surface area contributed by atoms with Gasteiger partial charge in [0.2, 0.25) is 0 Å². The number of thiocarbonyl (C=S) groups is 1. The lowest BCUT2D eigenvalue weighted by Gasteiger charge is -2.07. The molecule has 26 heavy (non-hydrogen) atoms. The Morgan fingerprint density at radius 1 is 1.27 bits per heavy atom. The van der Waals surface area contributed by atoms with Crippen molar-refractivity contribution in [2.45, 2.75) is 13.3 Å². The molecule has 0 aliphatic rings. The summed E-state index contributed by atoms with van der Waals surface area (Å²) in [6.07, 6.45) is 0.900. The third kappa shape index (κ3) is 4.01. The number of nitrogens with zero attached hydrogens (tertiary/aromatic N) is 2. The minimum atomic E-state index is -0.457. The predicted octanol–water partition coefficient (Wildman–Crippen LogP) is 3.89. The lowest BCUT2D eigenvalue weighted by Crippen LogP contribution is -2.34. The fourth-order valence-corrected chi connectivity index (χ4v) is 3.43. The maximum atomic E-state index is 12.2. The van der Waals surface area contributed by atoms with E-state index in [1.165, 1.54) is 23.5 Å². The average Bonchev–Trinajstić information content (AvgIpc) is 3.02. The molecule has 0 aliphatic heterocycles. The van der Waals surface area contributed by atoms with Crippen LogP contribution in [0.2, 0.25) is 0 Å². The molecule has 2 aromatic carbocycles. The quantitative estimate of drug-likeness (QED) is 0.401. The summed E-state index contributed by atoms with van der Waals surface area (Å²) in [7, 11) is 0. The maximum Gasteiger partial charge on any atom is 0.270 e. The first-order chi connectivity index (χ1) is 12.5. The van der Waals surface area contributed by atoms with E-state index in [1.54, 1.807) is 18.2 Å². The largest absolute Gasteiger partial charge is 0.308 e. The number of hydrogen-bond acceptors (Lipinski definition) is 6. The monoisotopic (exact) mass is 386 g/mol. The molecule has 132 valence electrons. The van der Waals surface area contributed by atoms with Gasteiger partial charge >= 0.3 is 0 Å². The summed E-state index contributed by atoms with van der Waals surface area (Å²) in [5.41, 5.74) is 2.27. The molecule has 3 aromatic rings. The summed E-state index contributed by atoms with van der Waals surface area (Å²) in [6.45, 7) is 2.04. The molecule has 1 aromatic heterocycles. The molecule has 0 bridgehead atoms. The molecule has 0 saturated carbocycles. The van der Waals surface area contributed by atoms with Gasteiger partial charge in [0.15, 0.2) is 10.2 Å². The number of hydrogen-bond donors (Lipinski definition) is 2. The molecule has 1 amide bonds. The molecule has 9 heteroatoms. The van der Waals surface area contributed by atoms with Gasteiger partial charge in [-0.05, 0) is 42.4 Å². The first kappa shape index (κ1) is 17.9. The van der Waals surface area contributed by atoms with E-state index in [4.69, 9.17) is 12.2 Å². The summed E-state index contributed by atoms with van der Waals surface area (Å²) >= 11 is 6.37. The zero-order valence-corrected chi connectivity index (χ0v) is 15.3. The average molecular weight is 386 g/mol. The molecular formula is C17H14N4O3S2. The van der Waals surface area contributed by atoms with E-state index in [0.717, 1.165) is 12.0 Å². The third-order valence-electron chi connectivity index (χ3n) is 3.65. The van der Waals surface area contributed by atoms with Crippen LogP contribution in [-0.2, 0) is 6.42 Å². The van der Waals surface area contributed by atoms with Gasteiger partial charge in [-0.3, -0.25) is 20.2 Å². The van der Waals surface area contributed by atoms with Gasteiger partial charge in [-0.1, -0.05) is 30.4 Å². The molecule has 0 aliphatic carbocycles. The van der Waals surface area contributed by atoms with E-state index in [0.29, 0.717) is 20.9 Å². The molecule has 1 heterocycles. The van der Waals surface area contributed by atoms with Crippen LogP contribution in [0.3, 0.4) is 0 Å². The van der Waals surface area contributed by atoms with Gasteiger partial charge in [0.1, 0.15) is 0 Å². The van der Waals surface area contributed by atoms with Crippen molar-refractivity contribution in [3.8, 4) is 0 Å². The van der Waals surface area contributed by atoms with E-state index < -0.39 is 4.92 Å². The Hall–Kier alpha value is -2.91. The van der Waals surface area contributed by atoms with Gasteiger partial charge in [0, 0.05) is 17.7 Å². The van der Waals surface area contributed by atoms with Crippen molar-refractivity contribution >= 4 is 55.6 Å². The first-order valence-corrected chi connectivity index (χ1v) is 8.95. The summed E-state index contributed by atoms with van der Waals surface area (Å²) in [6, 6.07) is 11.7. The van der Waals surface area contributed by atoms with Crippen molar-refractivity contribution in [2.75, 3.05) is 5.32 Å². The summed E-state index contributed by atoms with van der Waals surface area (Å²) in [4.78, 5) is 26.9. The van der Waals surface area contributed by atoms with Crippen molar-refractivity contribution in [1.82, 2.24) is 10.3 Å². The smallest absolute Gasteiger partial charge is 0.270 e. The van der Waals surface area contributed by atoms with E-state index in [9.17, 15) is 14.9 Å². The van der Waals surface area contributed by atoms with Crippen LogP contribution in [0.25, 0.3) is 10.2 Å². The number of nitrogens with one attached hydrogen (secondary N) is 2. The number of non-ortho nitro benzene ring substituents is 1. The first-order valence-electron chi connectivity index (χ1n) is 7.72. The van der Waals surface area contributed by atoms with E-state index in [-0.39, 0.29) is 16.7 Å². The van der Waals surface area contributed by atoms with Crippen LogP contribution in [0, 0.1) is 10.1 Å². The minimum absolute atomic E-state index is 0.000828. The molecule has 3 rings (SSSR count). The summed E-state index contributed by atoms with van der Waals surface area (Å²) in [5, 5.41) is 16.8. The van der Waals surface area contributed by atoms with Crippen molar-refractivity contribution in [3.63, 3.8) is 0 Å². The molecule has 2 N–H and O–H groups in total. The van der Waals surface area contributed by atoms with E-state index in [2.05, 4.69) is 15.6 Å². The van der Waals surface area contributed by atoms with Crippen LogP contribution >= 0.6 is 23.6 Å². The molecule has 0 radical (unpaired) electrons. The van der Waals surface area contributed by atoms with Crippen LogP contribution in [-0.4, -0.2) is 20.9 Å². The Labute approximate surface area is 158 Å². The lowest BCUT2D eigenvalue weighted by atomic mass is 10.1. The van der Waals surface area contributed by atoms with E-state index in [1.807, 2.05) is 19.1 Å². The van der Waals surface area contributed by atoms with Crippen LogP contribution in [0.5, 0.6) is 0 Å². The molecule has 0 unspecified atom stereocenters. The number of benzene rings is 2. The van der Waals surface area contributed by atoms with Crippen LogP contribution in [0.4, 0.5) is 10.8 Å². The van der Waals surface area contributed by atoms with Crippen LogP contribution < -0.4 is 10.6 Å². The van der Waals surface area contributed by atoms with Crippen LogP contribution in [0.1, 0.15) is 22.8 Å². The van der Waals surface area contributed by atoms with Crippen molar-refractivity contribution < 1.29 is 9.72 Å². The highest BCUT2D eigenvalue weighted by Crippen LogP contribution is 2.29. The van der Waals surface area contributed by atoms with Gasteiger partial charge in [-0.25, -0.2) is 4.98 Å². The summed E-state index contributed by atoms with van der Waals surface area (Å²) < 4.78 is 0.658. The number of rotatable bonds is 4. The second-order valence-corrected chi connectivity index (χ2v) is 6.83. The van der Waals surface area contributed by atoms with E-state index >= 15 is 0 Å². The number of fused-ring (bicyclic) bond motifs is 1. The predicted molar refractivity (Wildman–Crippen MR) is 106 cm³/mol. The van der Waals surface area contributed by atoms with Crippen molar-refractivity contribution in [1.29, 1.82) is 0 Å². The van der Waals surface area contributed by atoms with Gasteiger partial charge in [0.25, 0.3) is 11.6 Å². The number of carbonyl (C=O) groups is 1. The molecular weight excluding hydrogens is 372 g/mol. The van der Waals surface area contributed by atoms with Gasteiger partial charge in [-0.2, -0.15) is 0 Å². The number of aromatic nitrogens is 1. The van der Waals surface area contributed by atoms with Crippen molar-refractivity contribution in [2.24, 2.45) is 0 Å². The van der Waals surface area contributed by atoms with Gasteiger partial charge in [-0.15, -0.1) is 0 Å². The standard InChI is InChI=1S/C17H14N4O3S2/c1-2-10-3-5-11(6-4-10)15(22)19-16(25)20-17-18-13-8-7-12(21(23)24)9-14(13)26-17/h3-9H,2H2,1H3,(H2,18,19,20,22,25). The fourth-order valence-electron chi connectivity index (χ4n) is 2.28.